The first-order valence-corrected chi connectivity index (χ1v) is 3.53. The normalized spacial score (nSPS) is 9.08. The lowest BCUT2D eigenvalue weighted by Crippen LogP contribution is -1.98. The fraction of sp³-hybridized carbons (Fsp3) is 0.111. The Bertz CT molecular complexity index is 395. The van der Waals surface area contributed by atoms with Crippen molar-refractivity contribution in [3.8, 4) is 0 Å². The first kappa shape index (κ1) is 9.29. The average Bonchev–Trinajstić information content (AvgIpc) is 2.04. The smallest absolute Gasteiger partial charge is 0.266 e. The van der Waals surface area contributed by atoms with Crippen molar-refractivity contribution in [3.63, 3.8) is 0 Å². The van der Waals surface area contributed by atoms with Gasteiger partial charge < -0.3 is 0 Å². The third kappa shape index (κ3) is 2.07. The monoisotopic (exact) mass is 179 g/mol. The molecule has 0 atom stereocenters. The number of halogens is 1. The first-order valence-electron chi connectivity index (χ1n) is 3.53. The molecule has 4 heteroatoms. The van der Waals surface area contributed by atoms with Gasteiger partial charge in [-0.15, -0.1) is 4.99 Å². The predicted octanol–water partition coefficient (Wildman–Crippen LogP) is 1.61. The van der Waals surface area contributed by atoms with Gasteiger partial charge in [-0.05, 0) is 24.6 Å². The Labute approximate surface area is 73.9 Å². The summed E-state index contributed by atoms with van der Waals surface area (Å²) in [5.41, 5.74) is 0.484. The Hall–Kier alpha value is -1.80. The van der Waals surface area contributed by atoms with Crippen molar-refractivity contribution in [2.45, 2.75) is 6.92 Å². The van der Waals surface area contributed by atoms with Crippen LogP contribution >= 0.6 is 0 Å². The van der Waals surface area contributed by atoms with Gasteiger partial charge in [-0.3, -0.25) is 4.79 Å². The summed E-state index contributed by atoms with van der Waals surface area (Å²) >= 11 is 0. The second-order valence-electron chi connectivity index (χ2n) is 2.49. The quantitative estimate of drug-likeness (QED) is 0.485. The highest BCUT2D eigenvalue weighted by Gasteiger charge is 2.09. The number of aliphatic imine (C=N–C) groups is 1. The lowest BCUT2D eigenvalue weighted by molar-refractivity contribution is 0.0999. The molecule has 0 radical (unpaired) electrons. The molecule has 0 N–H and O–H groups in total. The molecule has 0 bridgehead atoms. The summed E-state index contributed by atoms with van der Waals surface area (Å²) in [6.07, 6.45) is 1.07. The Morgan fingerprint density at radius 1 is 1.54 bits per heavy atom. The molecule has 0 saturated heterocycles. The van der Waals surface area contributed by atoms with Crippen molar-refractivity contribution >= 4 is 12.0 Å². The molecule has 0 heterocycles. The highest BCUT2D eigenvalue weighted by molar-refractivity contribution is 5.97. The molecule has 1 aromatic rings. The van der Waals surface area contributed by atoms with Gasteiger partial charge in [0.2, 0.25) is 6.08 Å². The van der Waals surface area contributed by atoms with E-state index in [1.165, 1.54) is 12.1 Å². The van der Waals surface area contributed by atoms with Gasteiger partial charge >= 0.3 is 0 Å². The second-order valence-corrected chi connectivity index (χ2v) is 2.49. The van der Waals surface area contributed by atoms with E-state index < -0.39 is 11.7 Å². The zero-order valence-electron chi connectivity index (χ0n) is 6.87. The van der Waals surface area contributed by atoms with Crippen LogP contribution in [0.25, 0.3) is 0 Å². The molecule has 0 saturated carbocycles. The summed E-state index contributed by atoms with van der Waals surface area (Å²) in [4.78, 5) is 23.4. The van der Waals surface area contributed by atoms with Gasteiger partial charge in [0.15, 0.2) is 0 Å². The van der Waals surface area contributed by atoms with Crippen LogP contribution in [0, 0.1) is 12.7 Å². The molecule has 0 spiro atoms. The molecule has 1 amide bonds. The summed E-state index contributed by atoms with van der Waals surface area (Å²) in [5.74, 6) is -1.59. The number of carbonyl (C=O) groups excluding carboxylic acids is 2. The Balaban J connectivity index is 3.16. The molecule has 1 rings (SSSR count). The molecule has 3 nitrogen and oxygen atoms in total. The van der Waals surface area contributed by atoms with E-state index in [0.717, 1.165) is 6.08 Å². The Morgan fingerprint density at radius 2 is 2.23 bits per heavy atom. The Kier molecular flexibility index (Phi) is 2.67. The predicted molar refractivity (Wildman–Crippen MR) is 43.6 cm³/mol. The van der Waals surface area contributed by atoms with Gasteiger partial charge in [-0.2, -0.15) is 0 Å². The summed E-state index contributed by atoms with van der Waals surface area (Å²) in [5, 5.41) is 0. The summed E-state index contributed by atoms with van der Waals surface area (Å²) < 4.78 is 13.0. The van der Waals surface area contributed by atoms with Gasteiger partial charge in [-0.1, -0.05) is 6.07 Å². The molecule has 0 aliphatic heterocycles. The molecule has 0 aliphatic rings. The van der Waals surface area contributed by atoms with E-state index in [4.69, 9.17) is 0 Å². The van der Waals surface area contributed by atoms with Crippen molar-refractivity contribution < 1.29 is 14.0 Å². The number of amides is 1. The first-order chi connectivity index (χ1) is 6.15. The maximum Gasteiger partial charge on any atom is 0.290 e. The zero-order valence-corrected chi connectivity index (χ0v) is 6.87. The van der Waals surface area contributed by atoms with Gasteiger partial charge in [-0.25, -0.2) is 9.18 Å². The van der Waals surface area contributed by atoms with E-state index in [0.29, 0.717) is 5.56 Å². The molecule has 66 valence electrons. The molecule has 0 aromatic heterocycles. The van der Waals surface area contributed by atoms with E-state index >= 15 is 0 Å². The molecule has 0 aliphatic carbocycles. The van der Waals surface area contributed by atoms with Crippen LogP contribution in [0.5, 0.6) is 0 Å². The van der Waals surface area contributed by atoms with Crippen molar-refractivity contribution in [3.05, 3.63) is 35.1 Å². The minimum Gasteiger partial charge on any atom is -0.266 e. The summed E-state index contributed by atoms with van der Waals surface area (Å²) in [6.45, 7) is 1.69. The van der Waals surface area contributed by atoms with Gasteiger partial charge in [0.05, 0.1) is 5.56 Å². The van der Waals surface area contributed by atoms with Crippen LogP contribution in [-0.4, -0.2) is 12.0 Å². The third-order valence-electron chi connectivity index (χ3n) is 1.50. The van der Waals surface area contributed by atoms with Gasteiger partial charge in [0.1, 0.15) is 5.82 Å². The standard InChI is InChI=1S/C9H6FNO2/c1-6-2-3-7(8(10)4-6)9(13)11-5-12/h2-4H,1H3. The number of aryl methyl sites for hydroxylation is 1. The van der Waals surface area contributed by atoms with Gasteiger partial charge in [0.25, 0.3) is 5.91 Å². The molecule has 13 heavy (non-hydrogen) atoms. The fourth-order valence-electron chi connectivity index (χ4n) is 0.895. The Morgan fingerprint density at radius 3 is 2.77 bits per heavy atom. The van der Waals surface area contributed by atoms with Crippen LogP contribution in [0.2, 0.25) is 0 Å². The molecule has 0 unspecified atom stereocenters. The van der Waals surface area contributed by atoms with Crippen LogP contribution in [0.4, 0.5) is 4.39 Å². The highest BCUT2D eigenvalue weighted by atomic mass is 19.1. The number of hydrogen-bond acceptors (Lipinski definition) is 2. The van der Waals surface area contributed by atoms with E-state index in [2.05, 4.69) is 4.99 Å². The number of carbonyl (C=O) groups is 1. The SMILES string of the molecule is Cc1ccc(C(=O)N=C=O)c(F)c1. The van der Waals surface area contributed by atoms with Crippen LogP contribution in [0.15, 0.2) is 23.2 Å². The molecular weight excluding hydrogens is 173 g/mol. The number of hydrogen-bond donors (Lipinski definition) is 0. The number of rotatable bonds is 1. The molecule has 0 fully saturated rings. The van der Waals surface area contributed by atoms with E-state index in [-0.39, 0.29) is 5.56 Å². The van der Waals surface area contributed by atoms with Crippen molar-refractivity contribution in [2.75, 3.05) is 0 Å². The topological polar surface area (TPSA) is 46.5 Å². The third-order valence-corrected chi connectivity index (χ3v) is 1.50. The van der Waals surface area contributed by atoms with Crippen LogP contribution in [0.1, 0.15) is 15.9 Å². The minimum absolute atomic E-state index is 0.214. The van der Waals surface area contributed by atoms with Crippen molar-refractivity contribution in [1.82, 2.24) is 0 Å². The molecular formula is C9H6FNO2. The summed E-state index contributed by atoms with van der Waals surface area (Å²) in [7, 11) is 0. The number of benzene rings is 1. The van der Waals surface area contributed by atoms with Crippen LogP contribution in [0.3, 0.4) is 0 Å². The van der Waals surface area contributed by atoms with Crippen molar-refractivity contribution in [1.29, 1.82) is 0 Å². The lowest BCUT2D eigenvalue weighted by atomic mass is 10.1. The number of isocyanates is 1. The maximum absolute atomic E-state index is 13.0. The lowest BCUT2D eigenvalue weighted by Gasteiger charge is -1.97. The van der Waals surface area contributed by atoms with Crippen LogP contribution in [-0.2, 0) is 4.79 Å². The maximum atomic E-state index is 13.0. The molecule has 1 aromatic carbocycles. The van der Waals surface area contributed by atoms with E-state index in [1.807, 2.05) is 0 Å². The summed E-state index contributed by atoms with van der Waals surface area (Å²) in [6, 6.07) is 4.05. The van der Waals surface area contributed by atoms with Gasteiger partial charge in [0, 0.05) is 0 Å². The van der Waals surface area contributed by atoms with Crippen LogP contribution < -0.4 is 0 Å². The highest BCUT2D eigenvalue weighted by Crippen LogP contribution is 2.10. The van der Waals surface area contributed by atoms with E-state index in [9.17, 15) is 14.0 Å². The number of nitrogens with zero attached hydrogens (tertiary/aromatic N) is 1. The second kappa shape index (κ2) is 3.74. The average molecular weight is 179 g/mol. The van der Waals surface area contributed by atoms with E-state index in [1.54, 1.807) is 13.0 Å². The largest absolute Gasteiger partial charge is 0.290 e. The van der Waals surface area contributed by atoms with Crippen molar-refractivity contribution in [2.24, 2.45) is 4.99 Å². The fourth-order valence-corrected chi connectivity index (χ4v) is 0.895. The zero-order chi connectivity index (χ0) is 9.84. The minimum atomic E-state index is -0.910.